The van der Waals surface area contributed by atoms with Crippen LogP contribution in [-0.2, 0) is 50.8 Å². The molecule has 5 aromatic rings. The minimum absolute atomic E-state index is 0.0375. The molecule has 0 spiro atoms. The van der Waals surface area contributed by atoms with Crippen LogP contribution in [0.3, 0.4) is 0 Å². The van der Waals surface area contributed by atoms with Gasteiger partial charge in [0.25, 0.3) is 11.8 Å². The Hall–Kier alpha value is -7.39. The van der Waals surface area contributed by atoms with Gasteiger partial charge >= 0.3 is 0 Å². The second-order valence-electron chi connectivity index (χ2n) is 16.0. The third kappa shape index (κ3) is 12.6. The Bertz CT molecular complexity index is 2780. The van der Waals surface area contributed by atoms with Crippen molar-refractivity contribution in [1.82, 2.24) is 20.5 Å². The normalized spacial score (nSPS) is 14.8. The summed E-state index contributed by atoms with van der Waals surface area (Å²) in [6, 6.07) is 22.3. The molecule has 3 heterocycles. The van der Waals surface area contributed by atoms with Crippen LogP contribution in [0.4, 0.5) is 27.3 Å². The molecule has 7 N–H and O–H groups in total. The summed E-state index contributed by atoms with van der Waals surface area (Å²) in [5.74, 6) is -2.91. The molecule has 6 amide bonds. The van der Waals surface area contributed by atoms with Crippen molar-refractivity contribution in [3.63, 3.8) is 0 Å². The fraction of sp³-hybridized carbons (Fsp3) is 0.286. The number of carbonyl (C=O) groups excluding carboxylic acids is 6. The molecule has 0 saturated carbocycles. The van der Waals surface area contributed by atoms with Crippen molar-refractivity contribution in [3.8, 4) is 22.3 Å². The minimum Gasteiger partial charge on any atom is -0.383 e. The molecular formula is C49H51FN8O10S. The number of aromatic nitrogens is 1. The quantitative estimate of drug-likeness (QED) is 0.0278. The average molecular weight is 963 g/mol. The van der Waals surface area contributed by atoms with Crippen LogP contribution in [0.2, 0.25) is 0 Å². The van der Waals surface area contributed by atoms with Gasteiger partial charge in [0, 0.05) is 59.5 Å². The van der Waals surface area contributed by atoms with Crippen molar-refractivity contribution >= 4 is 69.8 Å². The van der Waals surface area contributed by atoms with E-state index >= 15 is 4.39 Å². The van der Waals surface area contributed by atoms with E-state index in [2.05, 4.69) is 31.0 Å². The van der Waals surface area contributed by atoms with Crippen molar-refractivity contribution in [2.24, 2.45) is 0 Å². The Morgan fingerprint density at radius 3 is 2.38 bits per heavy atom. The second kappa shape index (κ2) is 23.6. The zero-order valence-electron chi connectivity index (χ0n) is 37.6. The fourth-order valence-electron chi connectivity index (χ4n) is 7.75. The van der Waals surface area contributed by atoms with E-state index in [9.17, 15) is 33.0 Å². The molecule has 20 heteroatoms. The number of nitrogens with two attached hydrogens (primary N) is 1. The summed E-state index contributed by atoms with van der Waals surface area (Å²) in [7, 11) is -1.85. The number of benzene rings is 4. The summed E-state index contributed by atoms with van der Waals surface area (Å²) < 4.78 is 48.5. The van der Waals surface area contributed by atoms with E-state index in [1.807, 2.05) is 25.1 Å². The van der Waals surface area contributed by atoms with E-state index in [0.29, 0.717) is 54.1 Å². The number of hydrogen-bond acceptors (Lipinski definition) is 13. The number of amides is 6. The van der Waals surface area contributed by atoms with E-state index < -0.39 is 46.5 Å². The molecule has 1 fully saturated rings. The number of nitrogens with one attached hydrogen (secondary N) is 5. The molecule has 0 aliphatic carbocycles. The van der Waals surface area contributed by atoms with Crippen LogP contribution in [0, 0.1) is 12.7 Å². The van der Waals surface area contributed by atoms with Crippen LogP contribution in [0.1, 0.15) is 51.1 Å². The van der Waals surface area contributed by atoms with Gasteiger partial charge in [0.2, 0.25) is 24.1 Å². The summed E-state index contributed by atoms with van der Waals surface area (Å²) in [5, 5.41) is 10.8. The fourth-order valence-corrected chi connectivity index (χ4v) is 8.61. The maximum Gasteiger partial charge on any atom is 0.264 e. The van der Waals surface area contributed by atoms with Gasteiger partial charge in [0.1, 0.15) is 28.7 Å². The summed E-state index contributed by atoms with van der Waals surface area (Å²) in [6.45, 7) is 4.30. The number of piperidine rings is 1. The predicted molar refractivity (Wildman–Crippen MR) is 256 cm³/mol. The van der Waals surface area contributed by atoms with Crippen molar-refractivity contribution in [3.05, 3.63) is 119 Å². The SMILES string of the molecule is Cc1ccc(-c2cc(-c3ccc(S(=O)Nc4cccc(NC(=O)CCOCCOCCOCCNc5cccc6c5C(=O)N(C5CCC(=O)NC5=O)C6=O)c4)cc3F)cnc2N)cc1CCNC=O. The Balaban J connectivity index is 0.779. The molecule has 1 saturated heterocycles. The molecule has 7 rings (SSSR count). The Morgan fingerprint density at radius 1 is 0.855 bits per heavy atom. The van der Waals surface area contributed by atoms with Crippen molar-refractivity contribution < 1.29 is 51.6 Å². The van der Waals surface area contributed by atoms with Gasteiger partial charge in [0.05, 0.1) is 62.1 Å². The van der Waals surface area contributed by atoms with E-state index in [-0.39, 0.29) is 92.2 Å². The summed E-state index contributed by atoms with van der Waals surface area (Å²) >= 11 is 0. The largest absolute Gasteiger partial charge is 0.383 e. The highest BCUT2D eigenvalue weighted by Crippen LogP contribution is 2.34. The Labute approximate surface area is 399 Å². The number of nitrogens with zero attached hydrogens (tertiary/aromatic N) is 2. The van der Waals surface area contributed by atoms with Crippen LogP contribution < -0.4 is 31.7 Å². The zero-order chi connectivity index (χ0) is 48.9. The molecule has 2 atom stereocenters. The van der Waals surface area contributed by atoms with Gasteiger partial charge in [-0.05, 0) is 85.0 Å². The van der Waals surface area contributed by atoms with Crippen LogP contribution in [0.15, 0.2) is 96.0 Å². The maximum atomic E-state index is 15.6. The molecule has 69 heavy (non-hydrogen) atoms. The second-order valence-corrected chi connectivity index (χ2v) is 17.2. The number of carbonyl (C=O) groups is 6. The van der Waals surface area contributed by atoms with Crippen LogP contribution in [0.5, 0.6) is 0 Å². The molecule has 4 aromatic carbocycles. The number of pyridine rings is 1. The summed E-state index contributed by atoms with van der Waals surface area (Å²) in [6.07, 6.45) is 2.95. The summed E-state index contributed by atoms with van der Waals surface area (Å²) in [4.78, 5) is 79.0. The first kappa shape index (κ1) is 49.5. The molecule has 360 valence electrons. The number of nitrogen functional groups attached to an aromatic ring is 1. The van der Waals surface area contributed by atoms with Gasteiger partial charge in [-0.2, -0.15) is 0 Å². The number of hydrogen-bond donors (Lipinski definition) is 6. The van der Waals surface area contributed by atoms with Gasteiger partial charge in [-0.15, -0.1) is 0 Å². The highest BCUT2D eigenvalue weighted by atomic mass is 32.2. The van der Waals surface area contributed by atoms with Crippen molar-refractivity contribution in [1.29, 1.82) is 0 Å². The van der Waals surface area contributed by atoms with Gasteiger partial charge in [0.15, 0.2) is 0 Å². The Morgan fingerprint density at radius 2 is 1.61 bits per heavy atom. The topological polar surface area (TPSA) is 249 Å². The lowest BCUT2D eigenvalue weighted by molar-refractivity contribution is -0.136. The lowest BCUT2D eigenvalue weighted by Gasteiger charge is -2.27. The zero-order valence-corrected chi connectivity index (χ0v) is 38.5. The van der Waals surface area contributed by atoms with Crippen molar-refractivity contribution in [2.75, 3.05) is 73.8 Å². The Kier molecular flexibility index (Phi) is 16.9. The molecule has 18 nitrogen and oxygen atoms in total. The highest BCUT2D eigenvalue weighted by molar-refractivity contribution is 7.86. The number of rotatable bonds is 24. The lowest BCUT2D eigenvalue weighted by Crippen LogP contribution is -2.54. The molecule has 2 aliphatic rings. The molecule has 0 bridgehead atoms. The first-order valence-electron chi connectivity index (χ1n) is 22.1. The number of imide groups is 2. The third-order valence-electron chi connectivity index (χ3n) is 11.3. The number of ether oxygens (including phenoxy) is 3. The van der Waals surface area contributed by atoms with Gasteiger partial charge in [-0.25, -0.2) is 13.6 Å². The standard InChI is InChI=1S/C49H51FN8O10S/c1-30-8-9-32(24-31(30)14-16-52-29-59)39-25-33(28-54-46(39)51)37-11-10-36(27-40(37)50)69(65)57-35-5-2-4-34(26-35)55-44(61)15-18-66-20-22-68-23-21-67-19-17-53-41-7-3-6-38-45(41)49(64)58(48(38)63)42-12-13-43(60)56-47(42)62/h2-11,24-29,42,53,57H,12-23H2,1H3,(H2,51,54)(H,52,59)(H,55,61)(H,56,60,62). The smallest absolute Gasteiger partial charge is 0.264 e. The predicted octanol–water partition coefficient (Wildman–Crippen LogP) is 4.76. The van der Waals surface area contributed by atoms with Crippen LogP contribution in [0.25, 0.3) is 22.3 Å². The van der Waals surface area contributed by atoms with Gasteiger partial charge in [-0.1, -0.05) is 36.4 Å². The summed E-state index contributed by atoms with van der Waals surface area (Å²) in [5.41, 5.74) is 12.2. The maximum absolute atomic E-state index is 15.6. The molecule has 2 unspecified atom stereocenters. The monoisotopic (exact) mass is 962 g/mol. The molecule has 0 radical (unpaired) electrons. The van der Waals surface area contributed by atoms with Gasteiger partial charge < -0.3 is 40.6 Å². The number of aryl methyl sites for hydroxylation is 1. The van der Waals surface area contributed by atoms with Crippen molar-refractivity contribution in [2.45, 2.75) is 43.5 Å². The number of fused-ring (bicyclic) bond motifs is 1. The highest BCUT2D eigenvalue weighted by Gasteiger charge is 2.45. The first-order valence-corrected chi connectivity index (χ1v) is 23.3. The van der Waals surface area contributed by atoms with Crippen LogP contribution in [-0.4, -0.2) is 109 Å². The third-order valence-corrected chi connectivity index (χ3v) is 12.4. The van der Waals surface area contributed by atoms with Crippen LogP contribution >= 0.6 is 0 Å². The van der Waals surface area contributed by atoms with E-state index in [4.69, 9.17) is 19.9 Å². The minimum atomic E-state index is -1.85. The van der Waals surface area contributed by atoms with E-state index in [0.717, 1.165) is 21.6 Å². The molecular weight excluding hydrogens is 912 g/mol. The number of anilines is 4. The molecule has 1 aromatic heterocycles. The van der Waals surface area contributed by atoms with E-state index in [1.165, 1.54) is 24.4 Å². The van der Waals surface area contributed by atoms with E-state index in [1.54, 1.807) is 48.5 Å². The lowest BCUT2D eigenvalue weighted by atomic mass is 9.96. The molecule has 2 aliphatic heterocycles. The number of halogens is 1. The van der Waals surface area contributed by atoms with Gasteiger partial charge in [-0.3, -0.25) is 39.0 Å². The first-order chi connectivity index (χ1) is 33.4. The average Bonchev–Trinajstić information content (AvgIpc) is 3.58.